The third kappa shape index (κ3) is 5.98. The minimum Gasteiger partial charge on any atom is -0.487 e. The van der Waals surface area contributed by atoms with Gasteiger partial charge in [0.2, 0.25) is 0 Å². The molecule has 206 valence electrons. The van der Waals surface area contributed by atoms with Gasteiger partial charge < -0.3 is 9.47 Å². The van der Waals surface area contributed by atoms with Gasteiger partial charge in [-0.2, -0.15) is 0 Å². The molecule has 0 aliphatic carbocycles. The highest BCUT2D eigenvalue weighted by molar-refractivity contribution is 14.1. The van der Waals surface area contributed by atoms with Crippen molar-refractivity contribution >= 4 is 96.4 Å². The summed E-state index contributed by atoms with van der Waals surface area (Å²) in [6.45, 7) is 4.01. The molecule has 4 aromatic rings. The number of thiazole rings is 1. The van der Waals surface area contributed by atoms with Crippen LogP contribution in [0.25, 0.3) is 6.08 Å². The van der Waals surface area contributed by atoms with Crippen molar-refractivity contribution < 1.29 is 14.3 Å². The molecule has 1 atom stereocenters. The van der Waals surface area contributed by atoms with Gasteiger partial charge in [0.25, 0.3) is 5.56 Å². The summed E-state index contributed by atoms with van der Waals surface area (Å²) in [5, 5.41) is 2.85. The van der Waals surface area contributed by atoms with Crippen LogP contribution in [-0.2, 0) is 16.1 Å². The van der Waals surface area contributed by atoms with Crippen LogP contribution in [0.1, 0.15) is 35.9 Å². The predicted octanol–water partition coefficient (Wildman–Crippen LogP) is 7.11. The Bertz CT molecular complexity index is 1830. The van der Waals surface area contributed by atoms with E-state index in [0.29, 0.717) is 36.4 Å². The molecule has 2 aromatic carbocycles. The molecule has 0 fully saturated rings. The molecule has 0 amide bonds. The number of ether oxygens (including phenoxy) is 2. The third-order valence-corrected chi connectivity index (χ3v) is 9.93. The lowest BCUT2D eigenvalue weighted by Gasteiger charge is -2.23. The molecule has 0 bridgehead atoms. The van der Waals surface area contributed by atoms with Crippen molar-refractivity contribution in [2.45, 2.75) is 26.5 Å². The molecule has 0 radical (unpaired) electrons. The fourth-order valence-electron chi connectivity index (χ4n) is 4.27. The highest BCUT2D eigenvalue weighted by atomic mass is 127. The molecule has 2 aromatic heterocycles. The number of benzene rings is 2. The smallest absolute Gasteiger partial charge is 0.338 e. The van der Waals surface area contributed by atoms with Crippen molar-refractivity contribution in [2.24, 2.45) is 4.99 Å². The Labute approximate surface area is 269 Å². The first-order chi connectivity index (χ1) is 19.2. The number of hydrogen-bond donors (Lipinski definition) is 0. The monoisotopic (exact) mass is 788 g/mol. The molecule has 40 heavy (non-hydrogen) atoms. The van der Waals surface area contributed by atoms with Gasteiger partial charge in [0.1, 0.15) is 18.4 Å². The maximum absolute atomic E-state index is 13.9. The Morgan fingerprint density at radius 2 is 2.02 bits per heavy atom. The number of carbonyl (C=O) groups is 1. The van der Waals surface area contributed by atoms with Gasteiger partial charge in [-0.15, -0.1) is 11.3 Å². The molecule has 0 spiro atoms. The Hall–Kier alpha value is -1.96. The Morgan fingerprint density at radius 1 is 1.23 bits per heavy atom. The van der Waals surface area contributed by atoms with Crippen LogP contribution in [-0.4, -0.2) is 17.1 Å². The van der Waals surface area contributed by atoms with Gasteiger partial charge in [-0.3, -0.25) is 9.36 Å². The molecular formula is C28H20BrCl2IN2O4S2. The lowest BCUT2D eigenvalue weighted by molar-refractivity contribution is -0.139. The summed E-state index contributed by atoms with van der Waals surface area (Å²) in [7, 11) is 0. The van der Waals surface area contributed by atoms with Crippen molar-refractivity contribution in [2.75, 3.05) is 6.61 Å². The first kappa shape index (κ1) is 29.5. The number of carbonyl (C=O) groups excluding carboxylic acids is 1. The first-order valence-electron chi connectivity index (χ1n) is 12.0. The maximum atomic E-state index is 13.9. The van der Waals surface area contributed by atoms with Gasteiger partial charge in [0, 0.05) is 14.9 Å². The normalized spacial score (nSPS) is 15.2. The predicted molar refractivity (Wildman–Crippen MR) is 172 cm³/mol. The average Bonchev–Trinajstić information content (AvgIpc) is 3.53. The van der Waals surface area contributed by atoms with Crippen LogP contribution in [0.4, 0.5) is 0 Å². The molecular weight excluding hydrogens is 770 g/mol. The number of esters is 1. The molecule has 5 rings (SSSR count). The number of nitrogens with zero attached hydrogens (tertiary/aromatic N) is 2. The summed E-state index contributed by atoms with van der Waals surface area (Å²) < 4.78 is 15.3. The molecule has 0 saturated carbocycles. The van der Waals surface area contributed by atoms with Crippen molar-refractivity contribution in [3.63, 3.8) is 0 Å². The average molecular weight is 790 g/mol. The van der Waals surface area contributed by atoms with Crippen molar-refractivity contribution in [1.82, 2.24) is 4.57 Å². The second-order valence-electron chi connectivity index (χ2n) is 8.66. The number of thiophene rings is 1. The zero-order chi connectivity index (χ0) is 28.6. The number of rotatable bonds is 7. The van der Waals surface area contributed by atoms with Crippen LogP contribution in [0, 0.1) is 3.57 Å². The topological polar surface area (TPSA) is 69.9 Å². The minimum atomic E-state index is -0.620. The number of hydrogen-bond acceptors (Lipinski definition) is 7. The molecule has 6 nitrogen and oxygen atoms in total. The van der Waals surface area contributed by atoms with Gasteiger partial charge in [-0.25, -0.2) is 9.79 Å². The van der Waals surface area contributed by atoms with E-state index in [1.807, 2.05) is 35.7 Å². The van der Waals surface area contributed by atoms with E-state index < -0.39 is 12.0 Å². The lowest BCUT2D eigenvalue weighted by Crippen LogP contribution is -2.39. The zero-order valence-corrected chi connectivity index (χ0v) is 27.9. The molecule has 1 aliphatic rings. The summed E-state index contributed by atoms with van der Waals surface area (Å²) in [6, 6.07) is 12.4. The van der Waals surface area contributed by atoms with Crippen LogP contribution in [0.15, 0.2) is 73.4 Å². The highest BCUT2D eigenvalue weighted by Gasteiger charge is 2.34. The number of allylic oxidation sites excluding steroid dienone is 1. The number of aromatic nitrogens is 1. The summed E-state index contributed by atoms with van der Waals surface area (Å²) in [5.74, 6) is 0.148. The molecule has 3 heterocycles. The van der Waals surface area contributed by atoms with Crippen molar-refractivity contribution in [3.05, 3.63) is 113 Å². The second kappa shape index (κ2) is 12.5. The van der Waals surface area contributed by atoms with Crippen LogP contribution in [0.2, 0.25) is 10.0 Å². The van der Waals surface area contributed by atoms with E-state index in [1.54, 1.807) is 36.6 Å². The summed E-state index contributed by atoms with van der Waals surface area (Å²) in [4.78, 5) is 32.9. The number of fused-ring (bicyclic) bond motifs is 1. The second-order valence-corrected chi connectivity index (χ2v) is 13.5. The van der Waals surface area contributed by atoms with Crippen molar-refractivity contribution in [3.8, 4) is 5.75 Å². The van der Waals surface area contributed by atoms with Gasteiger partial charge in [0.05, 0.1) is 36.0 Å². The Morgan fingerprint density at radius 3 is 2.73 bits per heavy atom. The van der Waals surface area contributed by atoms with E-state index in [9.17, 15) is 9.59 Å². The van der Waals surface area contributed by atoms with Crippen molar-refractivity contribution in [1.29, 1.82) is 0 Å². The van der Waals surface area contributed by atoms with Gasteiger partial charge >= 0.3 is 5.97 Å². The van der Waals surface area contributed by atoms with E-state index in [-0.39, 0.29) is 18.8 Å². The molecule has 1 aliphatic heterocycles. The number of halogens is 4. The molecule has 0 saturated heterocycles. The van der Waals surface area contributed by atoms with Gasteiger partial charge in [-0.05, 0) is 83.8 Å². The maximum Gasteiger partial charge on any atom is 0.338 e. The van der Waals surface area contributed by atoms with Gasteiger partial charge in [-0.1, -0.05) is 62.6 Å². The van der Waals surface area contributed by atoms with E-state index >= 15 is 0 Å². The lowest BCUT2D eigenvalue weighted by atomic mass is 10.0. The third-order valence-electron chi connectivity index (χ3n) is 6.02. The SMILES string of the molecule is CCOC(=O)C1=C(C)N=c2s/c(=C\c3cc(Br)cc(I)c3OCc3ccc(Cl)c(Cl)c3)c(=O)n2[C@@H]1c1cccs1. The molecule has 0 N–H and O–H groups in total. The van der Waals surface area contributed by atoms with Crippen LogP contribution < -0.4 is 19.6 Å². The minimum absolute atomic E-state index is 0.226. The Kier molecular flexibility index (Phi) is 9.23. The van der Waals surface area contributed by atoms with E-state index in [2.05, 4.69) is 43.5 Å². The quantitative estimate of drug-likeness (QED) is 0.148. The zero-order valence-electron chi connectivity index (χ0n) is 21.0. The summed E-state index contributed by atoms with van der Waals surface area (Å²) in [5.41, 5.74) is 2.23. The van der Waals surface area contributed by atoms with Crippen LogP contribution in [0.3, 0.4) is 0 Å². The fourth-order valence-corrected chi connectivity index (χ4v) is 8.16. The van der Waals surface area contributed by atoms with Gasteiger partial charge in [0.15, 0.2) is 4.80 Å². The first-order valence-corrected chi connectivity index (χ1v) is 16.3. The van der Waals surface area contributed by atoms with E-state index in [4.69, 9.17) is 32.7 Å². The summed E-state index contributed by atoms with van der Waals surface area (Å²) >= 11 is 20.8. The van der Waals surface area contributed by atoms with Crippen LogP contribution in [0.5, 0.6) is 5.75 Å². The largest absolute Gasteiger partial charge is 0.487 e. The standard InChI is InChI=1S/C28H20BrCl2IN2O4S2/c1-3-37-27(36)23-14(2)33-28-34(24(23)21-5-4-8-39-21)26(35)22(40-28)11-16-10-17(29)12-20(32)25(16)38-13-15-6-7-18(30)19(31)9-15/h4-12,24H,3,13H2,1-2H3/b22-11-/t24-/m1/s1. The van der Waals surface area contributed by atoms with E-state index in [0.717, 1.165) is 24.0 Å². The van der Waals surface area contributed by atoms with Crippen LogP contribution >= 0.6 is 84.4 Å². The highest BCUT2D eigenvalue weighted by Crippen LogP contribution is 2.34. The Balaban J connectivity index is 1.61. The fraction of sp³-hybridized carbons (Fsp3) is 0.179. The van der Waals surface area contributed by atoms with E-state index in [1.165, 1.54) is 22.7 Å². The molecule has 0 unspecified atom stereocenters. The summed E-state index contributed by atoms with van der Waals surface area (Å²) in [6.07, 6.45) is 1.80. The molecule has 12 heteroatoms.